The Morgan fingerprint density at radius 2 is 1.37 bits per heavy atom. The van der Waals surface area contributed by atoms with Gasteiger partial charge in [-0.15, -0.1) is 11.8 Å². The summed E-state index contributed by atoms with van der Waals surface area (Å²) in [5.41, 5.74) is 6.26. The van der Waals surface area contributed by atoms with Crippen molar-refractivity contribution in [2.45, 2.75) is 67.1 Å². The summed E-state index contributed by atoms with van der Waals surface area (Å²) in [4.78, 5) is 26.7. The third kappa shape index (κ3) is 11.0. The Balaban J connectivity index is 1.18. The summed E-state index contributed by atoms with van der Waals surface area (Å²) >= 11 is 1.63. The van der Waals surface area contributed by atoms with Gasteiger partial charge in [0.05, 0.1) is 23.7 Å². The van der Waals surface area contributed by atoms with Gasteiger partial charge in [-0.3, -0.25) is 9.59 Å². The van der Waals surface area contributed by atoms with Gasteiger partial charge in [0.1, 0.15) is 6.04 Å². The highest BCUT2D eigenvalue weighted by Gasteiger charge is 2.42. The fourth-order valence-corrected chi connectivity index (χ4v) is 9.34. The summed E-state index contributed by atoms with van der Waals surface area (Å²) in [5, 5.41) is 15.6. The van der Waals surface area contributed by atoms with Crippen LogP contribution in [0.25, 0.3) is 0 Å². The highest BCUT2D eigenvalue weighted by atomic mass is 32.2. The highest BCUT2D eigenvalue weighted by molar-refractivity contribution is 7.99. The number of aliphatic hydroxyl groups is 1. The van der Waals surface area contributed by atoms with E-state index in [1.807, 2.05) is 110 Å². The second kappa shape index (κ2) is 19.6. The van der Waals surface area contributed by atoms with Crippen molar-refractivity contribution in [1.29, 1.82) is 0 Å². The van der Waals surface area contributed by atoms with E-state index in [-0.39, 0.29) is 35.9 Å². The van der Waals surface area contributed by atoms with Crippen LogP contribution >= 0.6 is 11.8 Å². The summed E-state index contributed by atoms with van der Waals surface area (Å²) < 4.78 is 43.5. The molecule has 5 atom stereocenters. The van der Waals surface area contributed by atoms with Gasteiger partial charge in [0.15, 0.2) is 6.29 Å². The lowest BCUT2D eigenvalue weighted by atomic mass is 9.84. The minimum Gasteiger partial charge on any atom is -0.392 e. The minimum absolute atomic E-state index is 0.0663. The van der Waals surface area contributed by atoms with Crippen molar-refractivity contribution in [3.05, 3.63) is 191 Å². The Morgan fingerprint density at radius 3 is 2.03 bits per heavy atom. The monoisotopic (exact) mass is 841 g/mol. The molecule has 308 valence electrons. The van der Waals surface area contributed by atoms with Gasteiger partial charge in [-0.05, 0) is 84.1 Å². The third-order valence-corrected chi connectivity index (χ3v) is 12.8. The number of benzene rings is 6. The van der Waals surface area contributed by atoms with Crippen LogP contribution in [-0.4, -0.2) is 43.2 Å². The van der Waals surface area contributed by atoms with Crippen molar-refractivity contribution in [3.63, 3.8) is 0 Å². The number of amides is 2. The molecule has 1 aliphatic rings. The average molecular weight is 842 g/mol. The number of thioether (sulfide) groups is 1. The number of hydrogen-bond donors (Lipinski definition) is 4. The van der Waals surface area contributed by atoms with Crippen molar-refractivity contribution >= 4 is 45.0 Å². The van der Waals surface area contributed by atoms with E-state index in [9.17, 15) is 23.1 Å². The predicted molar refractivity (Wildman–Crippen MR) is 235 cm³/mol. The zero-order chi connectivity index (χ0) is 42.1. The number of sulfonamides is 1. The van der Waals surface area contributed by atoms with Crippen molar-refractivity contribution in [2.75, 3.05) is 16.4 Å². The molecule has 0 aliphatic carbocycles. The lowest BCUT2D eigenvalue weighted by Gasteiger charge is -2.43. The molecule has 1 heterocycles. The number of hydrogen-bond acceptors (Lipinski definition) is 8. The van der Waals surface area contributed by atoms with Crippen LogP contribution in [0.1, 0.15) is 58.6 Å². The second-order valence-corrected chi connectivity index (χ2v) is 17.5. The topological polar surface area (TPSA) is 143 Å². The van der Waals surface area contributed by atoms with E-state index >= 15 is 0 Å². The fourth-order valence-electron chi connectivity index (χ4n) is 7.17. The van der Waals surface area contributed by atoms with Crippen LogP contribution in [0.2, 0.25) is 0 Å². The molecule has 0 bridgehead atoms. The molecule has 1 saturated heterocycles. The molecule has 1 aliphatic heterocycles. The molecule has 4 N–H and O–H groups in total. The zero-order valence-electron chi connectivity index (χ0n) is 33.2. The van der Waals surface area contributed by atoms with Gasteiger partial charge >= 0.3 is 0 Å². The molecule has 0 radical (unpaired) electrons. The number of anilines is 2. The van der Waals surface area contributed by atoms with Gasteiger partial charge in [0, 0.05) is 40.4 Å². The van der Waals surface area contributed by atoms with Gasteiger partial charge in [-0.25, -0.2) is 8.42 Å². The summed E-state index contributed by atoms with van der Waals surface area (Å²) in [6, 6.07) is 47.3. The van der Waals surface area contributed by atoms with Crippen LogP contribution in [0.4, 0.5) is 11.4 Å². The lowest BCUT2D eigenvalue weighted by molar-refractivity contribution is -0.255. The first-order chi connectivity index (χ1) is 29.0. The normalized spacial score (nSPS) is 18.3. The van der Waals surface area contributed by atoms with E-state index in [0.717, 1.165) is 32.7 Å². The van der Waals surface area contributed by atoms with E-state index in [1.54, 1.807) is 42.1 Å². The summed E-state index contributed by atoms with van der Waals surface area (Å²) in [5.74, 6) is -0.332. The van der Waals surface area contributed by atoms with Crippen molar-refractivity contribution in [3.8, 4) is 0 Å². The van der Waals surface area contributed by atoms with Crippen LogP contribution in [0.3, 0.4) is 0 Å². The second-order valence-electron chi connectivity index (χ2n) is 14.7. The number of nitrogens with one attached hydrogen (secondary N) is 3. The molecule has 0 spiro atoms. The SMILES string of the molecule is CC(=O)Nc1ccc(SCC2OC(c3cccc(NC(=O)C(Cc4ccccc4)NS(=O)(=O)c4ccc(C)cc4)c3)OC(c3ccc(CO)cc3)C2c2ccccc2)cc1. The number of ether oxygens (including phenoxy) is 2. The molecule has 0 aromatic heterocycles. The molecule has 10 nitrogen and oxygen atoms in total. The fraction of sp³-hybridized carbons (Fsp3) is 0.208. The largest absolute Gasteiger partial charge is 0.392 e. The molecule has 2 amide bonds. The predicted octanol–water partition coefficient (Wildman–Crippen LogP) is 8.71. The van der Waals surface area contributed by atoms with Crippen molar-refractivity contribution < 1.29 is 32.6 Å². The maximum absolute atomic E-state index is 14.1. The van der Waals surface area contributed by atoms with Crippen LogP contribution in [0, 0.1) is 6.92 Å². The Hall–Kier alpha value is -5.60. The highest BCUT2D eigenvalue weighted by Crippen LogP contribution is 2.48. The minimum atomic E-state index is -4.05. The quantitative estimate of drug-likeness (QED) is 0.0753. The third-order valence-electron chi connectivity index (χ3n) is 10.2. The first-order valence-electron chi connectivity index (χ1n) is 19.6. The van der Waals surface area contributed by atoms with Gasteiger partial charge in [-0.1, -0.05) is 115 Å². The molecule has 60 heavy (non-hydrogen) atoms. The standard InChI is InChI=1S/C48H47N3O7S2/c1-32-16-26-42(27-17-32)60(55,56)51-43(28-34-10-5-3-6-11-34)47(54)50-40-15-9-14-38(29-40)48-57-44(31-59-41-24-22-39(23-25-41)49-33(2)53)45(36-12-7-4-8-13-36)46(58-48)37-20-18-35(30-52)19-21-37/h3-27,29,43-46,48,51-52H,28,30-31H2,1-2H3,(H,49,53)(H,50,54). The average Bonchev–Trinajstić information content (AvgIpc) is 3.26. The van der Waals surface area contributed by atoms with E-state index < -0.39 is 34.4 Å². The summed E-state index contributed by atoms with van der Waals surface area (Å²) in [6.07, 6.45) is -1.55. The Bertz CT molecular complexity index is 2470. The Kier molecular flexibility index (Phi) is 13.9. The number of carbonyl (C=O) groups is 2. The van der Waals surface area contributed by atoms with Gasteiger partial charge < -0.3 is 25.2 Å². The zero-order valence-corrected chi connectivity index (χ0v) is 34.9. The molecule has 5 unspecified atom stereocenters. The molecule has 12 heteroatoms. The number of carbonyl (C=O) groups excluding carboxylic acids is 2. The van der Waals surface area contributed by atoms with Crippen LogP contribution in [0.5, 0.6) is 0 Å². The molecule has 0 saturated carbocycles. The maximum atomic E-state index is 14.1. The van der Waals surface area contributed by atoms with E-state index in [0.29, 0.717) is 22.7 Å². The molecule has 1 fully saturated rings. The lowest BCUT2D eigenvalue weighted by Crippen LogP contribution is -2.45. The van der Waals surface area contributed by atoms with Gasteiger partial charge in [-0.2, -0.15) is 4.72 Å². The van der Waals surface area contributed by atoms with Gasteiger partial charge in [0.2, 0.25) is 21.8 Å². The number of rotatable bonds is 15. The Labute approximate surface area is 355 Å². The molecule has 6 aromatic rings. The molecule has 7 rings (SSSR count). The molecular weight excluding hydrogens is 795 g/mol. The maximum Gasteiger partial charge on any atom is 0.242 e. The van der Waals surface area contributed by atoms with Crippen molar-refractivity contribution in [2.24, 2.45) is 0 Å². The molecule has 6 aromatic carbocycles. The van der Waals surface area contributed by atoms with Crippen LogP contribution < -0.4 is 15.4 Å². The molecular formula is C48H47N3O7S2. The Morgan fingerprint density at radius 1 is 0.700 bits per heavy atom. The van der Waals surface area contributed by atoms with E-state index in [1.165, 1.54) is 19.1 Å². The van der Waals surface area contributed by atoms with Crippen molar-refractivity contribution in [1.82, 2.24) is 4.72 Å². The van der Waals surface area contributed by atoms with Crippen LogP contribution in [0.15, 0.2) is 168 Å². The first-order valence-corrected chi connectivity index (χ1v) is 22.1. The number of aryl methyl sites for hydroxylation is 1. The first kappa shape index (κ1) is 42.5. The summed E-state index contributed by atoms with van der Waals surface area (Å²) in [6.45, 7) is 3.26. The number of aliphatic hydroxyl groups excluding tert-OH is 1. The van der Waals surface area contributed by atoms with E-state index in [4.69, 9.17) is 9.47 Å². The van der Waals surface area contributed by atoms with E-state index in [2.05, 4.69) is 27.5 Å². The summed E-state index contributed by atoms with van der Waals surface area (Å²) in [7, 11) is -4.05. The van der Waals surface area contributed by atoms with Crippen LogP contribution in [-0.2, 0) is 42.1 Å². The van der Waals surface area contributed by atoms with Gasteiger partial charge in [0.25, 0.3) is 0 Å². The smallest absolute Gasteiger partial charge is 0.242 e.